The van der Waals surface area contributed by atoms with Gasteiger partial charge in [0.25, 0.3) is 0 Å². The van der Waals surface area contributed by atoms with E-state index in [9.17, 15) is 4.79 Å². The maximum atomic E-state index is 10.7. The second-order valence-corrected chi connectivity index (χ2v) is 4.70. The van der Waals surface area contributed by atoms with Crippen molar-refractivity contribution in [2.24, 2.45) is 12.5 Å². The van der Waals surface area contributed by atoms with Crippen molar-refractivity contribution in [3.63, 3.8) is 0 Å². The van der Waals surface area contributed by atoms with Crippen LogP contribution >= 0.6 is 15.9 Å². The zero-order valence-corrected chi connectivity index (χ0v) is 9.63. The van der Waals surface area contributed by atoms with Gasteiger partial charge in [0.15, 0.2) is 0 Å². The highest BCUT2D eigenvalue weighted by Gasteiger charge is 2.20. The maximum Gasteiger partial charge on any atom is 0.125 e. The molecule has 0 saturated carbocycles. The number of nitrogens with zero attached hydrogens (tertiary/aromatic N) is 2. The van der Waals surface area contributed by atoms with E-state index >= 15 is 0 Å². The fourth-order valence-corrected chi connectivity index (χ4v) is 1.60. The Labute approximate surface area is 86.3 Å². The van der Waals surface area contributed by atoms with Crippen LogP contribution in [0.1, 0.15) is 19.5 Å². The summed E-state index contributed by atoms with van der Waals surface area (Å²) in [5.74, 6) is 0. The lowest BCUT2D eigenvalue weighted by Gasteiger charge is -2.16. The predicted octanol–water partition coefficient (Wildman–Crippen LogP) is 1.95. The smallest absolute Gasteiger partial charge is 0.125 e. The Balaban J connectivity index is 2.91. The molecule has 0 N–H and O–H groups in total. The molecule has 3 nitrogen and oxygen atoms in total. The molecule has 0 spiro atoms. The minimum atomic E-state index is -0.323. The van der Waals surface area contributed by atoms with Gasteiger partial charge in [0, 0.05) is 18.9 Å². The van der Waals surface area contributed by atoms with Crippen LogP contribution in [0.5, 0.6) is 0 Å². The predicted molar refractivity (Wildman–Crippen MR) is 54.5 cm³/mol. The van der Waals surface area contributed by atoms with E-state index in [0.29, 0.717) is 6.42 Å². The summed E-state index contributed by atoms with van der Waals surface area (Å²) in [6.45, 7) is 3.83. The summed E-state index contributed by atoms with van der Waals surface area (Å²) >= 11 is 3.40. The van der Waals surface area contributed by atoms with E-state index in [1.165, 1.54) is 0 Å². The van der Waals surface area contributed by atoms with Crippen LogP contribution in [0.25, 0.3) is 0 Å². The molecule has 0 aromatic carbocycles. The molecule has 0 saturated heterocycles. The number of aromatic nitrogens is 2. The van der Waals surface area contributed by atoms with E-state index in [4.69, 9.17) is 0 Å². The van der Waals surface area contributed by atoms with E-state index in [1.54, 1.807) is 10.9 Å². The van der Waals surface area contributed by atoms with Crippen molar-refractivity contribution in [2.75, 3.05) is 0 Å². The van der Waals surface area contributed by atoms with Gasteiger partial charge in [-0.15, -0.1) is 0 Å². The number of halogens is 1. The molecule has 4 heteroatoms. The SMILES string of the molecule is Cn1ncc(Br)c1CC(C)(C)C=O. The first-order valence-electron chi connectivity index (χ1n) is 4.09. The molecule has 0 aliphatic rings. The van der Waals surface area contributed by atoms with E-state index < -0.39 is 0 Å². The molecule has 0 atom stereocenters. The standard InChI is InChI=1S/C9H13BrN2O/c1-9(2,6-13)4-8-7(10)5-11-12(8)3/h5-6H,4H2,1-3H3. The number of carbonyl (C=O) groups excluding carboxylic acids is 1. The van der Waals surface area contributed by atoms with Gasteiger partial charge in [-0.05, 0) is 15.9 Å². The zero-order valence-electron chi connectivity index (χ0n) is 8.04. The van der Waals surface area contributed by atoms with Gasteiger partial charge in [-0.2, -0.15) is 5.10 Å². The fourth-order valence-electron chi connectivity index (χ4n) is 1.11. The molecule has 13 heavy (non-hydrogen) atoms. The van der Waals surface area contributed by atoms with Gasteiger partial charge in [-0.25, -0.2) is 0 Å². The highest BCUT2D eigenvalue weighted by Crippen LogP contribution is 2.24. The van der Waals surface area contributed by atoms with Crippen molar-refractivity contribution in [1.82, 2.24) is 9.78 Å². The summed E-state index contributed by atoms with van der Waals surface area (Å²) in [6, 6.07) is 0. The second-order valence-electron chi connectivity index (χ2n) is 3.85. The summed E-state index contributed by atoms with van der Waals surface area (Å²) in [6.07, 6.45) is 3.43. The van der Waals surface area contributed by atoms with Crippen molar-refractivity contribution in [2.45, 2.75) is 20.3 Å². The monoisotopic (exact) mass is 244 g/mol. The number of aryl methyl sites for hydroxylation is 1. The van der Waals surface area contributed by atoms with Gasteiger partial charge < -0.3 is 4.79 Å². The Hall–Kier alpha value is -0.640. The Kier molecular flexibility index (Phi) is 2.91. The maximum absolute atomic E-state index is 10.7. The van der Waals surface area contributed by atoms with Crippen molar-refractivity contribution < 1.29 is 4.79 Å². The Morgan fingerprint density at radius 3 is 2.69 bits per heavy atom. The molecular weight excluding hydrogens is 232 g/mol. The minimum Gasteiger partial charge on any atom is -0.303 e. The van der Waals surface area contributed by atoms with E-state index in [-0.39, 0.29) is 5.41 Å². The normalized spacial score (nSPS) is 11.7. The van der Waals surface area contributed by atoms with Crippen LogP contribution in [0, 0.1) is 5.41 Å². The van der Waals surface area contributed by atoms with Crippen molar-refractivity contribution in [1.29, 1.82) is 0 Å². The van der Waals surface area contributed by atoms with Crippen LogP contribution in [0.4, 0.5) is 0 Å². The average Bonchev–Trinajstić information content (AvgIpc) is 2.36. The molecule has 1 aromatic rings. The summed E-state index contributed by atoms with van der Waals surface area (Å²) in [5, 5.41) is 4.09. The van der Waals surface area contributed by atoms with Crippen LogP contribution in [0.2, 0.25) is 0 Å². The van der Waals surface area contributed by atoms with E-state index in [0.717, 1.165) is 16.5 Å². The first-order valence-corrected chi connectivity index (χ1v) is 4.88. The van der Waals surface area contributed by atoms with Crippen molar-refractivity contribution in [3.05, 3.63) is 16.4 Å². The Bertz CT molecular complexity index is 298. The lowest BCUT2D eigenvalue weighted by atomic mass is 9.90. The van der Waals surface area contributed by atoms with E-state index in [1.807, 2.05) is 20.9 Å². The van der Waals surface area contributed by atoms with Crippen LogP contribution < -0.4 is 0 Å². The molecule has 0 unspecified atom stereocenters. The Morgan fingerprint density at radius 1 is 1.69 bits per heavy atom. The first kappa shape index (κ1) is 10.4. The molecular formula is C9H13BrN2O. The lowest BCUT2D eigenvalue weighted by molar-refractivity contribution is -0.114. The fraction of sp³-hybridized carbons (Fsp3) is 0.556. The van der Waals surface area contributed by atoms with Gasteiger partial charge in [-0.1, -0.05) is 13.8 Å². The number of rotatable bonds is 3. The third-order valence-electron chi connectivity index (χ3n) is 1.95. The molecule has 1 aromatic heterocycles. The average molecular weight is 245 g/mol. The van der Waals surface area contributed by atoms with Gasteiger partial charge >= 0.3 is 0 Å². The van der Waals surface area contributed by atoms with E-state index in [2.05, 4.69) is 21.0 Å². The number of carbonyl (C=O) groups is 1. The van der Waals surface area contributed by atoms with Crippen LogP contribution in [-0.4, -0.2) is 16.1 Å². The molecule has 0 fully saturated rings. The minimum absolute atomic E-state index is 0.323. The lowest BCUT2D eigenvalue weighted by Crippen LogP contribution is -2.18. The largest absolute Gasteiger partial charge is 0.303 e. The topological polar surface area (TPSA) is 34.9 Å². The van der Waals surface area contributed by atoms with Gasteiger partial charge in [0.2, 0.25) is 0 Å². The highest BCUT2D eigenvalue weighted by molar-refractivity contribution is 9.10. The molecule has 0 radical (unpaired) electrons. The Morgan fingerprint density at radius 2 is 2.31 bits per heavy atom. The molecule has 1 heterocycles. The molecule has 0 amide bonds. The molecule has 0 aliphatic carbocycles. The van der Waals surface area contributed by atoms with Crippen LogP contribution in [0.3, 0.4) is 0 Å². The number of hydrogen-bond acceptors (Lipinski definition) is 2. The summed E-state index contributed by atoms with van der Waals surface area (Å²) < 4.78 is 2.75. The van der Waals surface area contributed by atoms with Crippen LogP contribution in [0.15, 0.2) is 10.7 Å². The van der Waals surface area contributed by atoms with Crippen molar-refractivity contribution >= 4 is 22.2 Å². The van der Waals surface area contributed by atoms with Gasteiger partial charge in [-0.3, -0.25) is 4.68 Å². The van der Waals surface area contributed by atoms with Gasteiger partial charge in [0.1, 0.15) is 6.29 Å². The third-order valence-corrected chi connectivity index (χ3v) is 2.62. The highest BCUT2D eigenvalue weighted by atomic mass is 79.9. The second kappa shape index (κ2) is 3.62. The molecule has 0 bridgehead atoms. The number of aldehydes is 1. The van der Waals surface area contributed by atoms with Crippen LogP contribution in [-0.2, 0) is 18.3 Å². The molecule has 1 rings (SSSR count). The third kappa shape index (κ3) is 2.40. The quantitative estimate of drug-likeness (QED) is 0.763. The van der Waals surface area contributed by atoms with Crippen molar-refractivity contribution in [3.8, 4) is 0 Å². The molecule has 72 valence electrons. The summed E-state index contributed by atoms with van der Waals surface area (Å²) in [4.78, 5) is 10.7. The summed E-state index contributed by atoms with van der Waals surface area (Å²) in [7, 11) is 1.88. The zero-order chi connectivity index (χ0) is 10.1. The van der Waals surface area contributed by atoms with Gasteiger partial charge in [0.05, 0.1) is 16.4 Å². The summed E-state index contributed by atoms with van der Waals surface area (Å²) in [5.41, 5.74) is 0.730. The number of hydrogen-bond donors (Lipinski definition) is 0. The first-order chi connectivity index (χ1) is 5.96. The molecule has 0 aliphatic heterocycles.